The summed E-state index contributed by atoms with van der Waals surface area (Å²) in [6, 6.07) is 16.4. The number of thioether (sulfide) groups is 2. The topological polar surface area (TPSA) is 51.0 Å². The number of aromatic nitrogens is 3. The van der Waals surface area contributed by atoms with E-state index in [0.29, 0.717) is 11.0 Å². The Kier molecular flexibility index (Phi) is 5.96. The summed E-state index contributed by atoms with van der Waals surface area (Å²) in [4.78, 5) is 16.2. The third-order valence-corrected chi connectivity index (χ3v) is 7.11. The highest BCUT2D eigenvalue weighted by Gasteiger charge is 2.24. The third kappa shape index (κ3) is 4.36. The van der Waals surface area contributed by atoms with E-state index in [1.54, 1.807) is 0 Å². The molecule has 1 aliphatic heterocycles. The zero-order valence-electron chi connectivity index (χ0n) is 16.8. The van der Waals surface area contributed by atoms with Crippen molar-refractivity contribution in [2.24, 2.45) is 0 Å². The molecule has 150 valence electrons. The van der Waals surface area contributed by atoms with Crippen LogP contribution in [0.5, 0.6) is 0 Å². The van der Waals surface area contributed by atoms with E-state index < -0.39 is 0 Å². The molecule has 1 amide bonds. The van der Waals surface area contributed by atoms with Gasteiger partial charge in [0.1, 0.15) is 5.82 Å². The van der Waals surface area contributed by atoms with Gasteiger partial charge in [0.05, 0.1) is 11.4 Å². The number of hydrogen-bond donors (Lipinski definition) is 0. The minimum atomic E-state index is 0.105. The summed E-state index contributed by atoms with van der Waals surface area (Å²) in [7, 11) is 0. The van der Waals surface area contributed by atoms with E-state index in [1.807, 2.05) is 46.4 Å². The Bertz CT molecular complexity index is 1020. The van der Waals surface area contributed by atoms with Crippen molar-refractivity contribution in [2.75, 3.05) is 17.2 Å². The molecule has 0 saturated carbocycles. The summed E-state index contributed by atoms with van der Waals surface area (Å²) in [5, 5.41) is 9.77. The van der Waals surface area contributed by atoms with Crippen molar-refractivity contribution in [2.45, 2.75) is 42.5 Å². The lowest BCUT2D eigenvalue weighted by atomic mass is 10.2. The number of fused-ring (bicyclic) bond motifs is 1. The third-order valence-electron chi connectivity index (χ3n) is 4.96. The normalized spacial score (nSPS) is 16.4. The van der Waals surface area contributed by atoms with Crippen LogP contribution >= 0.6 is 23.5 Å². The number of hydrogen-bond acceptors (Lipinski definition) is 5. The zero-order chi connectivity index (χ0) is 20.4. The van der Waals surface area contributed by atoms with Gasteiger partial charge < -0.3 is 4.90 Å². The molecule has 0 N–H and O–H groups in total. The predicted molar refractivity (Wildman–Crippen MR) is 120 cm³/mol. The van der Waals surface area contributed by atoms with Crippen LogP contribution in [0.15, 0.2) is 58.6 Å². The summed E-state index contributed by atoms with van der Waals surface area (Å²) in [6.07, 6.45) is 0.981. The lowest BCUT2D eigenvalue weighted by Gasteiger charge is -2.22. The van der Waals surface area contributed by atoms with Gasteiger partial charge in [-0.2, -0.15) is 0 Å². The van der Waals surface area contributed by atoms with Gasteiger partial charge in [-0.05, 0) is 44.5 Å². The second-order valence-corrected chi connectivity index (χ2v) is 9.64. The van der Waals surface area contributed by atoms with E-state index in [2.05, 4.69) is 54.4 Å². The van der Waals surface area contributed by atoms with Gasteiger partial charge >= 0.3 is 0 Å². The molecule has 0 unspecified atom stereocenters. The highest BCUT2D eigenvalue weighted by Crippen LogP contribution is 2.37. The van der Waals surface area contributed by atoms with Crippen molar-refractivity contribution in [1.82, 2.24) is 14.8 Å². The maximum Gasteiger partial charge on any atom is 0.237 e. The Morgan fingerprint density at radius 3 is 2.69 bits per heavy atom. The molecule has 4 rings (SSSR count). The molecule has 1 aromatic heterocycles. The van der Waals surface area contributed by atoms with Crippen LogP contribution in [-0.4, -0.2) is 38.2 Å². The molecule has 0 bridgehead atoms. The number of carbonyl (C=O) groups excluding carboxylic acids is 1. The van der Waals surface area contributed by atoms with Crippen LogP contribution in [0, 0.1) is 13.8 Å². The average Bonchev–Trinajstić information content (AvgIpc) is 2.99. The smallest absolute Gasteiger partial charge is 0.237 e. The minimum absolute atomic E-state index is 0.105. The molecule has 7 heteroatoms. The van der Waals surface area contributed by atoms with Crippen LogP contribution in [0.25, 0.3) is 5.69 Å². The van der Waals surface area contributed by atoms with Crippen molar-refractivity contribution in [3.05, 3.63) is 59.9 Å². The Morgan fingerprint density at radius 2 is 1.90 bits per heavy atom. The molecule has 29 heavy (non-hydrogen) atoms. The van der Waals surface area contributed by atoms with Crippen LogP contribution in [-0.2, 0) is 4.79 Å². The summed E-state index contributed by atoms with van der Waals surface area (Å²) in [5.41, 5.74) is 3.23. The molecule has 0 saturated heterocycles. The second-order valence-electron chi connectivity index (χ2n) is 7.22. The van der Waals surface area contributed by atoms with E-state index in [1.165, 1.54) is 22.2 Å². The van der Waals surface area contributed by atoms with Crippen LogP contribution in [0.3, 0.4) is 0 Å². The number of rotatable bonds is 4. The van der Waals surface area contributed by atoms with Gasteiger partial charge in [-0.25, -0.2) is 0 Å². The molecule has 2 heterocycles. The summed E-state index contributed by atoms with van der Waals surface area (Å²) >= 11 is 3.29. The predicted octanol–water partition coefficient (Wildman–Crippen LogP) is 4.89. The Hall–Kier alpha value is -2.25. The van der Waals surface area contributed by atoms with Crippen LogP contribution < -0.4 is 4.90 Å². The molecule has 5 nitrogen and oxygen atoms in total. The van der Waals surface area contributed by atoms with E-state index in [0.717, 1.165) is 35.3 Å². The average molecular weight is 425 g/mol. The van der Waals surface area contributed by atoms with E-state index in [9.17, 15) is 4.79 Å². The molecular weight excluding hydrogens is 400 g/mol. The fourth-order valence-electron chi connectivity index (χ4n) is 3.38. The van der Waals surface area contributed by atoms with Gasteiger partial charge in [-0.3, -0.25) is 9.36 Å². The number of amides is 1. The molecule has 0 aliphatic carbocycles. The number of carbonyl (C=O) groups is 1. The van der Waals surface area contributed by atoms with E-state index in [-0.39, 0.29) is 5.91 Å². The Labute approximate surface area is 179 Å². The number of para-hydroxylation sites is 1. The van der Waals surface area contributed by atoms with Crippen LogP contribution in [0.2, 0.25) is 0 Å². The van der Waals surface area contributed by atoms with Gasteiger partial charge in [0, 0.05) is 22.4 Å². The Balaban J connectivity index is 1.53. The first-order chi connectivity index (χ1) is 14.0. The maximum absolute atomic E-state index is 13.1. The van der Waals surface area contributed by atoms with Gasteiger partial charge in [-0.15, -0.1) is 22.0 Å². The number of aryl methyl sites for hydroxylation is 2. The van der Waals surface area contributed by atoms with E-state index in [4.69, 9.17) is 0 Å². The number of anilines is 1. The molecule has 2 aromatic carbocycles. The lowest BCUT2D eigenvalue weighted by molar-refractivity contribution is -0.116. The first-order valence-corrected chi connectivity index (χ1v) is 11.6. The van der Waals surface area contributed by atoms with Crippen molar-refractivity contribution >= 4 is 35.1 Å². The molecule has 0 fully saturated rings. The van der Waals surface area contributed by atoms with Crippen molar-refractivity contribution in [3.63, 3.8) is 0 Å². The fourth-order valence-corrected chi connectivity index (χ4v) is 5.36. The first kappa shape index (κ1) is 20.0. The van der Waals surface area contributed by atoms with Crippen molar-refractivity contribution in [3.8, 4) is 5.69 Å². The minimum Gasteiger partial charge on any atom is -0.311 e. The zero-order valence-corrected chi connectivity index (χ0v) is 18.5. The summed E-state index contributed by atoms with van der Waals surface area (Å²) in [5.74, 6) is 1.25. The molecular formula is C22H24N4OS2. The summed E-state index contributed by atoms with van der Waals surface area (Å²) in [6.45, 7) is 6.96. The molecule has 1 atom stereocenters. The summed E-state index contributed by atoms with van der Waals surface area (Å²) < 4.78 is 2.01. The Morgan fingerprint density at radius 1 is 1.14 bits per heavy atom. The second kappa shape index (κ2) is 8.63. The van der Waals surface area contributed by atoms with E-state index >= 15 is 0 Å². The quantitative estimate of drug-likeness (QED) is 0.558. The van der Waals surface area contributed by atoms with Gasteiger partial charge in [0.25, 0.3) is 0 Å². The van der Waals surface area contributed by atoms with Crippen molar-refractivity contribution in [1.29, 1.82) is 0 Å². The fraction of sp³-hybridized carbons (Fsp3) is 0.318. The number of benzene rings is 2. The number of nitrogens with zero attached hydrogens (tertiary/aromatic N) is 4. The SMILES string of the molecule is Cc1ccc(-n2c(C)nnc2SCC(=O)N2CC[C@@H](C)Sc3ccccc32)cc1. The molecule has 0 spiro atoms. The standard InChI is InChI=1S/C22H24N4OS2/c1-15-8-10-18(11-9-15)26-17(3)23-24-22(26)28-14-21(27)25-13-12-16(2)29-20-7-5-4-6-19(20)25/h4-11,16H,12-14H2,1-3H3/t16-/m1/s1. The van der Waals surface area contributed by atoms with Crippen LogP contribution in [0.1, 0.15) is 24.7 Å². The maximum atomic E-state index is 13.1. The lowest BCUT2D eigenvalue weighted by Crippen LogP contribution is -2.33. The highest BCUT2D eigenvalue weighted by molar-refractivity contribution is 8.00. The van der Waals surface area contributed by atoms with Crippen molar-refractivity contribution < 1.29 is 4.79 Å². The molecule has 1 aliphatic rings. The van der Waals surface area contributed by atoms with Crippen LogP contribution in [0.4, 0.5) is 5.69 Å². The molecule has 3 aromatic rings. The van der Waals surface area contributed by atoms with Gasteiger partial charge in [0.15, 0.2) is 5.16 Å². The monoisotopic (exact) mass is 424 g/mol. The van der Waals surface area contributed by atoms with Gasteiger partial charge in [0.2, 0.25) is 5.91 Å². The molecule has 0 radical (unpaired) electrons. The highest BCUT2D eigenvalue weighted by atomic mass is 32.2. The largest absolute Gasteiger partial charge is 0.311 e. The van der Waals surface area contributed by atoms with Gasteiger partial charge in [-0.1, -0.05) is 48.5 Å². The first-order valence-electron chi connectivity index (χ1n) is 9.71.